The van der Waals surface area contributed by atoms with Gasteiger partial charge in [0.2, 0.25) is 5.91 Å². The van der Waals surface area contributed by atoms with Gasteiger partial charge < -0.3 is 30.1 Å². The molecule has 1 aliphatic carbocycles. The van der Waals surface area contributed by atoms with Gasteiger partial charge in [-0.15, -0.1) is 0 Å². The normalized spacial score (nSPS) is 13.2. The smallest absolute Gasteiger partial charge is 0.407 e. The van der Waals surface area contributed by atoms with Gasteiger partial charge >= 0.3 is 12.1 Å². The molecule has 1 aliphatic rings. The molecule has 2 aromatic carbocycles. The van der Waals surface area contributed by atoms with Gasteiger partial charge in [0.05, 0.1) is 6.61 Å². The number of benzene rings is 2. The molecule has 2 aromatic rings. The second-order valence-corrected chi connectivity index (χ2v) is 8.02. The Hall–Kier alpha value is -3.43. The molecule has 3 rings (SSSR count). The molecule has 9 heteroatoms. The van der Waals surface area contributed by atoms with E-state index in [2.05, 4.69) is 22.8 Å². The molecule has 3 N–H and O–H groups in total. The molecule has 0 saturated carbocycles. The number of nitrogens with one attached hydrogen (secondary N) is 2. The van der Waals surface area contributed by atoms with Crippen LogP contribution in [0.1, 0.15) is 17.0 Å². The van der Waals surface area contributed by atoms with Crippen molar-refractivity contribution in [3.63, 3.8) is 0 Å². The summed E-state index contributed by atoms with van der Waals surface area (Å²) in [6.45, 7) is 0.167. The fourth-order valence-electron chi connectivity index (χ4n) is 3.87. The van der Waals surface area contributed by atoms with E-state index in [1.165, 1.54) is 0 Å². The first-order chi connectivity index (χ1) is 15.9. The number of carboxylic acid groups (broad SMARTS) is 1. The Labute approximate surface area is 192 Å². The van der Waals surface area contributed by atoms with Crippen LogP contribution in [-0.2, 0) is 19.1 Å². The molecular formula is C24H29N3O6. The van der Waals surface area contributed by atoms with E-state index < -0.39 is 30.6 Å². The van der Waals surface area contributed by atoms with Crippen LogP contribution in [0.3, 0.4) is 0 Å². The number of nitrogens with zero attached hydrogens (tertiary/aromatic N) is 1. The van der Waals surface area contributed by atoms with Gasteiger partial charge in [0, 0.05) is 19.0 Å². The van der Waals surface area contributed by atoms with E-state index in [0.29, 0.717) is 0 Å². The van der Waals surface area contributed by atoms with Gasteiger partial charge in [-0.05, 0) is 36.3 Å². The topological polar surface area (TPSA) is 117 Å². The zero-order chi connectivity index (χ0) is 23.8. The van der Waals surface area contributed by atoms with Crippen LogP contribution in [0.5, 0.6) is 0 Å². The highest BCUT2D eigenvalue weighted by Crippen LogP contribution is 2.44. The minimum atomic E-state index is -1.08. The van der Waals surface area contributed by atoms with Crippen LogP contribution < -0.4 is 10.6 Å². The number of hydrogen-bond donors (Lipinski definition) is 3. The Kier molecular flexibility index (Phi) is 8.39. The van der Waals surface area contributed by atoms with Gasteiger partial charge in [0.1, 0.15) is 19.3 Å². The SMILES string of the molecule is CN(C)CC(NC(=O)OCC1c2ccccc2-c2ccccc21)C(=O)NCCOCC(=O)O. The predicted molar refractivity (Wildman–Crippen MR) is 122 cm³/mol. The van der Waals surface area contributed by atoms with Crippen molar-refractivity contribution in [3.8, 4) is 11.1 Å². The average Bonchev–Trinajstić information content (AvgIpc) is 3.10. The molecule has 0 aromatic heterocycles. The second kappa shape index (κ2) is 11.4. The lowest BCUT2D eigenvalue weighted by molar-refractivity contribution is -0.142. The number of rotatable bonds is 11. The zero-order valence-corrected chi connectivity index (χ0v) is 18.7. The number of fused-ring (bicyclic) bond motifs is 3. The molecule has 0 aliphatic heterocycles. The standard InChI is InChI=1S/C24H29N3O6/c1-27(2)13-21(23(30)25-11-12-32-15-22(28)29)26-24(31)33-14-20-18-9-5-3-7-16(18)17-8-4-6-10-19(17)20/h3-10,20-21H,11-15H2,1-2H3,(H,25,30)(H,26,31)(H,28,29). The van der Waals surface area contributed by atoms with Crippen LogP contribution in [-0.4, -0.2) is 81.0 Å². The third-order valence-corrected chi connectivity index (χ3v) is 5.27. The van der Waals surface area contributed by atoms with Gasteiger partial charge in [-0.3, -0.25) is 4.79 Å². The maximum absolute atomic E-state index is 12.5. The second-order valence-electron chi connectivity index (χ2n) is 8.02. The summed E-state index contributed by atoms with van der Waals surface area (Å²) in [5.74, 6) is -1.56. The van der Waals surface area contributed by atoms with Crippen LogP contribution in [0.25, 0.3) is 11.1 Å². The van der Waals surface area contributed by atoms with Crippen molar-refractivity contribution in [2.45, 2.75) is 12.0 Å². The zero-order valence-electron chi connectivity index (χ0n) is 18.7. The summed E-state index contributed by atoms with van der Waals surface area (Å²) >= 11 is 0. The van der Waals surface area contributed by atoms with Gasteiger partial charge in [0.15, 0.2) is 0 Å². The maximum atomic E-state index is 12.5. The van der Waals surface area contributed by atoms with Crippen LogP contribution in [0, 0.1) is 0 Å². The van der Waals surface area contributed by atoms with E-state index in [1.807, 2.05) is 36.4 Å². The van der Waals surface area contributed by atoms with Crippen molar-refractivity contribution >= 4 is 18.0 Å². The Morgan fingerprint density at radius 3 is 2.21 bits per heavy atom. The summed E-state index contributed by atoms with van der Waals surface area (Å²) in [4.78, 5) is 37.3. The summed E-state index contributed by atoms with van der Waals surface area (Å²) in [6, 6.07) is 15.3. The van der Waals surface area contributed by atoms with Crippen molar-refractivity contribution in [2.75, 3.05) is 47.0 Å². The fourth-order valence-corrected chi connectivity index (χ4v) is 3.87. The van der Waals surface area contributed by atoms with Crippen LogP contribution in [0.15, 0.2) is 48.5 Å². The molecule has 2 amide bonds. The molecule has 0 bridgehead atoms. The third-order valence-electron chi connectivity index (χ3n) is 5.27. The van der Waals surface area contributed by atoms with E-state index in [0.717, 1.165) is 22.3 Å². The number of alkyl carbamates (subject to hydrolysis) is 1. The molecule has 0 heterocycles. The summed E-state index contributed by atoms with van der Waals surface area (Å²) in [5.41, 5.74) is 4.49. The van der Waals surface area contributed by atoms with Crippen molar-refractivity contribution in [2.24, 2.45) is 0 Å². The lowest BCUT2D eigenvalue weighted by Gasteiger charge is -2.22. The first kappa shape index (κ1) is 24.2. The number of carbonyl (C=O) groups excluding carboxylic acids is 2. The molecule has 0 radical (unpaired) electrons. The molecule has 0 saturated heterocycles. The van der Waals surface area contributed by atoms with Crippen LogP contribution in [0.4, 0.5) is 4.79 Å². The molecule has 1 atom stereocenters. The Morgan fingerprint density at radius 2 is 1.64 bits per heavy atom. The van der Waals surface area contributed by atoms with E-state index in [-0.39, 0.29) is 32.2 Å². The molecular weight excluding hydrogens is 426 g/mol. The lowest BCUT2D eigenvalue weighted by atomic mass is 9.98. The molecule has 1 unspecified atom stereocenters. The Bertz CT molecular complexity index is 948. The van der Waals surface area contributed by atoms with Crippen LogP contribution in [0.2, 0.25) is 0 Å². The molecule has 0 fully saturated rings. The quantitative estimate of drug-likeness (QED) is 0.441. The van der Waals surface area contributed by atoms with Gasteiger partial charge in [-0.25, -0.2) is 9.59 Å². The number of hydrogen-bond acceptors (Lipinski definition) is 6. The van der Waals surface area contributed by atoms with Crippen molar-refractivity contribution in [1.29, 1.82) is 0 Å². The highest BCUT2D eigenvalue weighted by atomic mass is 16.5. The van der Waals surface area contributed by atoms with Crippen LogP contribution >= 0.6 is 0 Å². The van der Waals surface area contributed by atoms with Gasteiger partial charge in [-0.2, -0.15) is 0 Å². The largest absolute Gasteiger partial charge is 0.480 e. The lowest BCUT2D eigenvalue weighted by Crippen LogP contribution is -2.52. The number of carbonyl (C=O) groups is 3. The molecule has 9 nitrogen and oxygen atoms in total. The fraction of sp³-hybridized carbons (Fsp3) is 0.375. The van der Waals surface area contributed by atoms with E-state index in [4.69, 9.17) is 14.6 Å². The van der Waals surface area contributed by atoms with E-state index in [1.54, 1.807) is 19.0 Å². The summed E-state index contributed by atoms with van der Waals surface area (Å²) in [5, 5.41) is 13.8. The highest BCUT2D eigenvalue weighted by molar-refractivity contribution is 5.86. The average molecular weight is 456 g/mol. The minimum Gasteiger partial charge on any atom is -0.480 e. The van der Waals surface area contributed by atoms with E-state index in [9.17, 15) is 14.4 Å². The highest BCUT2D eigenvalue weighted by Gasteiger charge is 2.29. The number of ether oxygens (including phenoxy) is 2. The summed E-state index contributed by atoms with van der Waals surface area (Å²) < 4.78 is 10.4. The van der Waals surface area contributed by atoms with Crippen molar-refractivity contribution in [3.05, 3.63) is 59.7 Å². The minimum absolute atomic E-state index is 0.0532. The van der Waals surface area contributed by atoms with E-state index >= 15 is 0 Å². The first-order valence-corrected chi connectivity index (χ1v) is 10.7. The number of aliphatic carboxylic acids is 1. The monoisotopic (exact) mass is 455 g/mol. The summed E-state index contributed by atoms with van der Waals surface area (Å²) in [6.07, 6.45) is -0.680. The Balaban J connectivity index is 1.56. The molecule has 176 valence electrons. The predicted octanol–water partition coefficient (Wildman–Crippen LogP) is 1.67. The molecule has 33 heavy (non-hydrogen) atoms. The van der Waals surface area contributed by atoms with Crippen molar-refractivity contribution in [1.82, 2.24) is 15.5 Å². The third kappa shape index (κ3) is 6.53. The van der Waals surface area contributed by atoms with Crippen molar-refractivity contribution < 1.29 is 29.0 Å². The number of carboxylic acids is 1. The number of amides is 2. The number of likely N-dealkylation sites (N-methyl/N-ethyl adjacent to an activating group) is 1. The van der Waals surface area contributed by atoms with Gasteiger partial charge in [-0.1, -0.05) is 48.5 Å². The Morgan fingerprint density at radius 1 is 1.03 bits per heavy atom. The maximum Gasteiger partial charge on any atom is 0.407 e. The first-order valence-electron chi connectivity index (χ1n) is 10.7. The molecule has 0 spiro atoms. The van der Waals surface area contributed by atoms with Gasteiger partial charge in [0.25, 0.3) is 0 Å². The summed E-state index contributed by atoms with van der Waals surface area (Å²) in [7, 11) is 3.57.